The van der Waals surface area contributed by atoms with Crippen molar-refractivity contribution < 1.29 is 4.74 Å². The quantitative estimate of drug-likeness (QED) is 0.819. The van der Waals surface area contributed by atoms with E-state index in [2.05, 4.69) is 10.1 Å². The van der Waals surface area contributed by atoms with Gasteiger partial charge in [0.25, 0.3) is 0 Å². The van der Waals surface area contributed by atoms with Crippen LogP contribution in [0.3, 0.4) is 0 Å². The van der Waals surface area contributed by atoms with E-state index in [1.54, 1.807) is 18.1 Å². The van der Waals surface area contributed by atoms with Gasteiger partial charge in [0, 0.05) is 6.54 Å². The second kappa shape index (κ2) is 5.59. The average Bonchev–Trinajstić information content (AvgIpc) is 2.86. The maximum Gasteiger partial charge on any atom is 0.208 e. The highest BCUT2D eigenvalue weighted by Crippen LogP contribution is 2.11. The number of benzene rings is 1. The fourth-order valence-corrected chi connectivity index (χ4v) is 1.64. The molecule has 0 amide bonds. The van der Waals surface area contributed by atoms with E-state index < -0.39 is 0 Å². The molecular weight excluding hydrogens is 248 g/mol. The van der Waals surface area contributed by atoms with Gasteiger partial charge in [-0.1, -0.05) is 24.4 Å². The molecule has 0 aliphatic heterocycles. The number of hydrogen-bond donors (Lipinski definition) is 1. The van der Waals surface area contributed by atoms with Gasteiger partial charge in [-0.25, -0.2) is 4.98 Å². The van der Waals surface area contributed by atoms with Crippen molar-refractivity contribution in [3.05, 3.63) is 42.0 Å². The highest BCUT2D eigenvalue weighted by Gasteiger charge is 2.03. The van der Waals surface area contributed by atoms with Crippen molar-refractivity contribution in [2.45, 2.75) is 13.0 Å². The summed E-state index contributed by atoms with van der Waals surface area (Å²) in [6, 6.07) is 7.95. The molecule has 0 bridgehead atoms. The molecule has 0 aliphatic carbocycles. The van der Waals surface area contributed by atoms with Crippen LogP contribution in [-0.4, -0.2) is 26.9 Å². The number of nitrogens with zero attached hydrogens (tertiary/aromatic N) is 3. The molecule has 0 fully saturated rings. The van der Waals surface area contributed by atoms with Gasteiger partial charge >= 0.3 is 0 Å². The Hall–Kier alpha value is -1.95. The first-order valence-corrected chi connectivity index (χ1v) is 5.92. The molecule has 2 aromatic rings. The van der Waals surface area contributed by atoms with Gasteiger partial charge in [-0.2, -0.15) is 0 Å². The van der Waals surface area contributed by atoms with E-state index in [1.807, 2.05) is 24.3 Å². The third-order valence-corrected chi connectivity index (χ3v) is 2.73. The molecule has 1 aromatic heterocycles. The van der Waals surface area contributed by atoms with Crippen LogP contribution in [0.1, 0.15) is 11.4 Å². The van der Waals surface area contributed by atoms with Crippen molar-refractivity contribution >= 4 is 17.2 Å². The van der Waals surface area contributed by atoms with Gasteiger partial charge in [0.1, 0.15) is 17.1 Å². The number of hydrogen-bond acceptors (Lipinski definition) is 4. The second-order valence-corrected chi connectivity index (χ2v) is 4.23. The number of aromatic nitrogens is 3. The molecule has 6 heteroatoms. The van der Waals surface area contributed by atoms with Gasteiger partial charge in [0.2, 0.25) is 5.82 Å². The van der Waals surface area contributed by atoms with Crippen LogP contribution in [0.25, 0.3) is 0 Å². The molecule has 0 spiro atoms. The molecule has 0 radical (unpaired) electrons. The molecule has 2 rings (SSSR count). The Morgan fingerprint density at radius 1 is 1.39 bits per heavy atom. The molecule has 0 saturated heterocycles. The predicted molar refractivity (Wildman–Crippen MR) is 72.6 cm³/mol. The fourth-order valence-electron chi connectivity index (χ4n) is 1.55. The summed E-state index contributed by atoms with van der Waals surface area (Å²) in [6.07, 6.45) is 2.50. The van der Waals surface area contributed by atoms with E-state index in [1.165, 1.54) is 5.56 Å². The van der Waals surface area contributed by atoms with E-state index in [9.17, 15) is 0 Å². The lowest BCUT2D eigenvalue weighted by atomic mass is 10.1. The van der Waals surface area contributed by atoms with Crippen molar-refractivity contribution in [1.82, 2.24) is 14.8 Å². The van der Waals surface area contributed by atoms with Crippen LogP contribution in [0, 0.1) is 0 Å². The number of thiocarbonyl (C=S) groups is 1. The smallest absolute Gasteiger partial charge is 0.208 e. The summed E-state index contributed by atoms with van der Waals surface area (Å²) in [4.78, 5) is 4.24. The molecule has 5 nitrogen and oxygen atoms in total. The topological polar surface area (TPSA) is 66.0 Å². The first-order valence-electron chi connectivity index (χ1n) is 5.51. The van der Waals surface area contributed by atoms with E-state index in [-0.39, 0.29) is 4.99 Å². The van der Waals surface area contributed by atoms with Crippen LogP contribution in [0.15, 0.2) is 30.6 Å². The first-order chi connectivity index (χ1) is 8.69. The maximum absolute atomic E-state index is 5.45. The highest BCUT2D eigenvalue weighted by molar-refractivity contribution is 7.80. The normalized spacial score (nSPS) is 10.3. The lowest BCUT2D eigenvalue weighted by Crippen LogP contribution is -2.12. The van der Waals surface area contributed by atoms with E-state index >= 15 is 0 Å². The average molecular weight is 262 g/mol. The summed E-state index contributed by atoms with van der Waals surface area (Å²) in [6.45, 7) is 0.738. The Balaban J connectivity index is 1.95. The highest BCUT2D eigenvalue weighted by atomic mass is 32.1. The van der Waals surface area contributed by atoms with Gasteiger partial charge < -0.3 is 10.5 Å². The monoisotopic (exact) mass is 262 g/mol. The zero-order valence-corrected chi connectivity index (χ0v) is 10.9. The number of aryl methyl sites for hydroxylation is 2. The Morgan fingerprint density at radius 2 is 2.11 bits per heavy atom. The minimum atomic E-state index is 0.221. The molecule has 2 N–H and O–H groups in total. The second-order valence-electron chi connectivity index (χ2n) is 3.79. The molecule has 0 unspecified atom stereocenters. The van der Waals surface area contributed by atoms with Gasteiger partial charge in [0.05, 0.1) is 7.11 Å². The minimum absolute atomic E-state index is 0.221. The number of ether oxygens (including phenoxy) is 1. The summed E-state index contributed by atoms with van der Waals surface area (Å²) in [5, 5.41) is 4.17. The zero-order chi connectivity index (χ0) is 13.0. The van der Waals surface area contributed by atoms with Crippen LogP contribution in [0.4, 0.5) is 0 Å². The van der Waals surface area contributed by atoms with E-state index in [4.69, 9.17) is 22.7 Å². The summed E-state index contributed by atoms with van der Waals surface area (Å²) in [5.74, 6) is 1.27. The van der Waals surface area contributed by atoms with Crippen LogP contribution in [0.5, 0.6) is 5.75 Å². The van der Waals surface area contributed by atoms with Crippen molar-refractivity contribution in [2.75, 3.05) is 7.11 Å². The van der Waals surface area contributed by atoms with Crippen molar-refractivity contribution in [3.63, 3.8) is 0 Å². The van der Waals surface area contributed by atoms with Crippen LogP contribution >= 0.6 is 12.2 Å². The Labute approximate surface area is 111 Å². The molecule has 1 aromatic carbocycles. The number of nitrogens with two attached hydrogens (primary N) is 1. The van der Waals surface area contributed by atoms with Gasteiger partial charge in [0.15, 0.2) is 0 Å². The molecule has 18 heavy (non-hydrogen) atoms. The molecular formula is C12H14N4OS. The Bertz CT molecular complexity index is 535. The van der Waals surface area contributed by atoms with Crippen molar-refractivity contribution in [2.24, 2.45) is 5.73 Å². The van der Waals surface area contributed by atoms with Gasteiger partial charge in [-0.3, -0.25) is 4.68 Å². The fraction of sp³-hybridized carbons (Fsp3) is 0.250. The number of rotatable bonds is 5. The molecule has 0 saturated carbocycles. The lowest BCUT2D eigenvalue weighted by Gasteiger charge is -2.03. The van der Waals surface area contributed by atoms with Crippen LogP contribution < -0.4 is 10.5 Å². The van der Waals surface area contributed by atoms with Crippen LogP contribution in [-0.2, 0) is 13.0 Å². The van der Waals surface area contributed by atoms with Gasteiger partial charge in [-0.05, 0) is 24.1 Å². The maximum atomic E-state index is 5.45. The standard InChI is InChI=1S/C12H14N4OS/c1-17-10-4-2-9(3-5-10)6-7-16-8-14-12(15-16)11(13)18/h2-5,8H,6-7H2,1H3,(H2,13,18). The largest absolute Gasteiger partial charge is 0.497 e. The molecule has 1 heterocycles. The number of methoxy groups -OCH3 is 1. The lowest BCUT2D eigenvalue weighted by molar-refractivity contribution is 0.414. The van der Waals surface area contributed by atoms with Crippen LogP contribution in [0.2, 0.25) is 0 Å². The van der Waals surface area contributed by atoms with Gasteiger partial charge in [-0.15, -0.1) is 5.10 Å². The Morgan fingerprint density at radius 3 is 2.67 bits per heavy atom. The van der Waals surface area contributed by atoms with Crippen molar-refractivity contribution in [1.29, 1.82) is 0 Å². The SMILES string of the molecule is COc1ccc(CCn2cnc(C(N)=S)n2)cc1. The summed E-state index contributed by atoms with van der Waals surface area (Å²) >= 11 is 4.81. The summed E-state index contributed by atoms with van der Waals surface area (Å²) < 4.78 is 6.84. The molecule has 0 aliphatic rings. The van der Waals surface area contributed by atoms with E-state index in [0.29, 0.717) is 5.82 Å². The Kier molecular flexibility index (Phi) is 3.88. The zero-order valence-electron chi connectivity index (χ0n) is 10.0. The minimum Gasteiger partial charge on any atom is -0.497 e. The summed E-state index contributed by atoms with van der Waals surface area (Å²) in [7, 11) is 1.65. The third-order valence-electron chi connectivity index (χ3n) is 2.55. The van der Waals surface area contributed by atoms with Crippen molar-refractivity contribution in [3.8, 4) is 5.75 Å². The van der Waals surface area contributed by atoms with E-state index in [0.717, 1.165) is 18.7 Å². The predicted octanol–water partition coefficient (Wildman–Crippen LogP) is 1.16. The molecule has 0 atom stereocenters. The third kappa shape index (κ3) is 3.04. The summed E-state index contributed by atoms with van der Waals surface area (Å²) in [5.41, 5.74) is 6.66. The molecule has 94 valence electrons. The first kappa shape index (κ1) is 12.5.